The van der Waals surface area contributed by atoms with E-state index in [-0.39, 0.29) is 0 Å². The summed E-state index contributed by atoms with van der Waals surface area (Å²) in [6.07, 6.45) is 4.70. The van der Waals surface area contributed by atoms with Gasteiger partial charge in [0.15, 0.2) is 0 Å². The fourth-order valence-electron chi connectivity index (χ4n) is 3.05. The third-order valence-electron chi connectivity index (χ3n) is 4.33. The molecule has 4 atom stereocenters. The van der Waals surface area contributed by atoms with E-state index < -0.39 is 11.2 Å². The quantitative estimate of drug-likeness (QED) is 0.601. The van der Waals surface area contributed by atoms with Crippen molar-refractivity contribution in [2.75, 3.05) is 0 Å². The van der Waals surface area contributed by atoms with E-state index >= 15 is 0 Å². The van der Waals surface area contributed by atoms with Gasteiger partial charge in [-0.2, -0.15) is 0 Å². The molecule has 0 aliphatic heterocycles. The highest BCUT2D eigenvalue weighted by molar-refractivity contribution is 4.99. The van der Waals surface area contributed by atoms with E-state index in [0.717, 1.165) is 32.1 Å². The van der Waals surface area contributed by atoms with Gasteiger partial charge in [0.2, 0.25) is 0 Å². The van der Waals surface area contributed by atoms with Crippen LogP contribution in [0.15, 0.2) is 0 Å². The lowest BCUT2D eigenvalue weighted by Gasteiger charge is -2.50. The first kappa shape index (κ1) is 9.47. The largest absolute Gasteiger partial charge is 0.390 e. The lowest BCUT2D eigenvalue weighted by Crippen LogP contribution is -2.51. The first-order valence-electron chi connectivity index (χ1n) is 5.36. The summed E-state index contributed by atoms with van der Waals surface area (Å²) in [6.45, 7) is 3.90. The van der Waals surface area contributed by atoms with Gasteiger partial charge in [-0.25, -0.2) is 0 Å². The molecule has 2 fully saturated rings. The predicted octanol–water partition coefficient (Wildman–Crippen LogP) is 1.70. The molecular formula is C11H20O2. The van der Waals surface area contributed by atoms with Crippen LogP contribution in [0.4, 0.5) is 0 Å². The Bertz CT molecular complexity index is 186. The van der Waals surface area contributed by atoms with E-state index in [1.54, 1.807) is 0 Å². The predicted molar refractivity (Wildman–Crippen MR) is 51.3 cm³/mol. The Morgan fingerprint density at radius 3 is 1.69 bits per heavy atom. The third-order valence-corrected chi connectivity index (χ3v) is 4.33. The van der Waals surface area contributed by atoms with Crippen molar-refractivity contribution < 1.29 is 10.2 Å². The van der Waals surface area contributed by atoms with Gasteiger partial charge in [-0.05, 0) is 57.8 Å². The molecule has 4 unspecified atom stereocenters. The van der Waals surface area contributed by atoms with Crippen LogP contribution < -0.4 is 0 Å². The Morgan fingerprint density at radius 2 is 1.31 bits per heavy atom. The van der Waals surface area contributed by atoms with E-state index in [1.165, 1.54) is 0 Å². The minimum Gasteiger partial charge on any atom is -0.390 e. The molecule has 0 saturated heterocycles. The standard InChI is InChI=1S/C11H20O2/c1-10(12)5-3-9-7-8(10)4-6-11(9,2)13/h8-9,12-13H,3-7H2,1-2H3. The Hall–Kier alpha value is -0.0800. The molecule has 0 heterocycles. The smallest absolute Gasteiger partial charge is 0.0648 e. The van der Waals surface area contributed by atoms with Crippen LogP contribution in [0, 0.1) is 11.8 Å². The summed E-state index contributed by atoms with van der Waals surface area (Å²) >= 11 is 0. The van der Waals surface area contributed by atoms with Crippen LogP contribution in [0.25, 0.3) is 0 Å². The van der Waals surface area contributed by atoms with Crippen molar-refractivity contribution in [3.63, 3.8) is 0 Å². The van der Waals surface area contributed by atoms with Gasteiger partial charge >= 0.3 is 0 Å². The van der Waals surface area contributed by atoms with E-state index in [1.807, 2.05) is 13.8 Å². The first-order chi connectivity index (χ1) is 5.92. The molecule has 0 aromatic carbocycles. The summed E-state index contributed by atoms with van der Waals surface area (Å²) in [6, 6.07) is 0. The van der Waals surface area contributed by atoms with Crippen LogP contribution in [0.3, 0.4) is 0 Å². The van der Waals surface area contributed by atoms with Crippen LogP contribution in [0.1, 0.15) is 46.0 Å². The monoisotopic (exact) mass is 184 g/mol. The molecule has 2 saturated carbocycles. The lowest BCUT2D eigenvalue weighted by atomic mass is 9.60. The van der Waals surface area contributed by atoms with Crippen molar-refractivity contribution in [3.8, 4) is 0 Å². The van der Waals surface area contributed by atoms with E-state index in [9.17, 15) is 10.2 Å². The van der Waals surface area contributed by atoms with Crippen LogP contribution in [-0.4, -0.2) is 21.4 Å². The minimum atomic E-state index is -0.465. The fraction of sp³-hybridized carbons (Fsp3) is 1.00. The van der Waals surface area contributed by atoms with Crippen molar-refractivity contribution in [1.29, 1.82) is 0 Å². The first-order valence-corrected chi connectivity index (χ1v) is 5.36. The molecular weight excluding hydrogens is 164 g/mol. The molecule has 0 aromatic rings. The molecule has 2 N–H and O–H groups in total. The summed E-state index contributed by atoms with van der Waals surface area (Å²) < 4.78 is 0. The van der Waals surface area contributed by atoms with Crippen molar-refractivity contribution in [1.82, 2.24) is 0 Å². The van der Waals surface area contributed by atoms with Crippen LogP contribution in [-0.2, 0) is 0 Å². The van der Waals surface area contributed by atoms with Gasteiger partial charge in [-0.15, -0.1) is 0 Å². The number of aliphatic hydroxyl groups is 2. The normalized spacial score (nSPS) is 56.3. The fourth-order valence-corrected chi connectivity index (χ4v) is 3.05. The maximum absolute atomic E-state index is 10.1. The molecule has 2 rings (SSSR count). The van der Waals surface area contributed by atoms with Crippen molar-refractivity contribution in [2.45, 2.75) is 57.2 Å². The van der Waals surface area contributed by atoms with E-state index in [0.29, 0.717) is 11.8 Å². The van der Waals surface area contributed by atoms with Crippen LogP contribution >= 0.6 is 0 Å². The second-order valence-corrected chi connectivity index (χ2v) is 5.42. The molecule has 2 bridgehead atoms. The molecule has 76 valence electrons. The molecule has 0 aromatic heterocycles. The molecule has 2 aliphatic carbocycles. The maximum atomic E-state index is 10.1. The second kappa shape index (κ2) is 2.71. The van der Waals surface area contributed by atoms with Gasteiger partial charge in [0.05, 0.1) is 11.2 Å². The summed E-state index contributed by atoms with van der Waals surface area (Å²) in [4.78, 5) is 0. The Kier molecular flexibility index (Phi) is 1.97. The van der Waals surface area contributed by atoms with Gasteiger partial charge in [0, 0.05) is 0 Å². The SMILES string of the molecule is CC1(O)CCC2CC1CCC2(C)O. The van der Waals surface area contributed by atoms with Crippen molar-refractivity contribution in [3.05, 3.63) is 0 Å². The minimum absolute atomic E-state index is 0.423. The van der Waals surface area contributed by atoms with Crippen molar-refractivity contribution >= 4 is 0 Å². The highest BCUT2D eigenvalue weighted by Crippen LogP contribution is 2.49. The lowest BCUT2D eigenvalue weighted by molar-refractivity contribution is -0.132. The number of rotatable bonds is 0. The summed E-state index contributed by atoms with van der Waals surface area (Å²) in [5.74, 6) is 0.845. The Balaban J connectivity index is 2.14. The zero-order valence-electron chi connectivity index (χ0n) is 8.58. The average molecular weight is 184 g/mol. The van der Waals surface area contributed by atoms with Gasteiger partial charge in [-0.1, -0.05) is 0 Å². The van der Waals surface area contributed by atoms with Gasteiger partial charge in [0.25, 0.3) is 0 Å². The molecule has 13 heavy (non-hydrogen) atoms. The molecule has 2 nitrogen and oxygen atoms in total. The number of hydrogen-bond donors (Lipinski definition) is 2. The topological polar surface area (TPSA) is 40.5 Å². The molecule has 0 amide bonds. The zero-order chi connectivity index (χ0) is 9.69. The van der Waals surface area contributed by atoms with Crippen molar-refractivity contribution in [2.24, 2.45) is 11.8 Å². The van der Waals surface area contributed by atoms with Crippen LogP contribution in [0.5, 0.6) is 0 Å². The van der Waals surface area contributed by atoms with Gasteiger partial charge in [0.1, 0.15) is 0 Å². The summed E-state index contributed by atoms with van der Waals surface area (Å²) in [5.41, 5.74) is -0.931. The Morgan fingerprint density at radius 1 is 0.923 bits per heavy atom. The Labute approximate surface area is 80.0 Å². The molecule has 2 aliphatic rings. The highest BCUT2D eigenvalue weighted by Gasteiger charge is 2.47. The average Bonchev–Trinajstić information content (AvgIpc) is 2.01. The van der Waals surface area contributed by atoms with Crippen LogP contribution in [0.2, 0.25) is 0 Å². The van der Waals surface area contributed by atoms with E-state index in [4.69, 9.17) is 0 Å². The maximum Gasteiger partial charge on any atom is 0.0648 e. The number of fused-ring (bicyclic) bond motifs is 2. The zero-order valence-corrected chi connectivity index (χ0v) is 8.58. The molecule has 2 heteroatoms. The molecule has 0 spiro atoms. The summed E-state index contributed by atoms with van der Waals surface area (Å²) in [7, 11) is 0. The third kappa shape index (κ3) is 1.50. The summed E-state index contributed by atoms with van der Waals surface area (Å²) in [5, 5.41) is 20.1. The second-order valence-electron chi connectivity index (χ2n) is 5.42. The van der Waals surface area contributed by atoms with E-state index in [2.05, 4.69) is 0 Å². The van der Waals surface area contributed by atoms with Gasteiger partial charge in [-0.3, -0.25) is 0 Å². The van der Waals surface area contributed by atoms with Gasteiger partial charge < -0.3 is 10.2 Å². The highest BCUT2D eigenvalue weighted by atomic mass is 16.3. The molecule has 0 radical (unpaired) electrons. The number of hydrogen-bond acceptors (Lipinski definition) is 2.